The van der Waals surface area contributed by atoms with Gasteiger partial charge in [0.2, 0.25) is 12.7 Å². The van der Waals surface area contributed by atoms with E-state index >= 15 is 0 Å². The van der Waals surface area contributed by atoms with Crippen molar-refractivity contribution in [1.82, 2.24) is 25.3 Å². The van der Waals surface area contributed by atoms with Crippen LogP contribution >= 0.6 is 11.3 Å². The van der Waals surface area contributed by atoms with Crippen molar-refractivity contribution in [2.45, 2.75) is 18.8 Å². The molecule has 3 aromatic heterocycles. The lowest BCUT2D eigenvalue weighted by Crippen LogP contribution is -2.39. The summed E-state index contributed by atoms with van der Waals surface area (Å²) in [5.74, 6) is 2.43. The number of amides is 1. The zero-order chi connectivity index (χ0) is 21.5. The first-order chi connectivity index (χ1) is 15.7. The van der Waals surface area contributed by atoms with Crippen LogP contribution in [0.2, 0.25) is 0 Å². The second kappa shape index (κ2) is 7.79. The molecule has 5 heterocycles. The molecule has 0 aliphatic carbocycles. The zero-order valence-corrected chi connectivity index (χ0v) is 17.8. The van der Waals surface area contributed by atoms with Crippen LogP contribution in [0.1, 0.15) is 35.1 Å². The number of H-pyrrole nitrogens is 1. The number of thiophene rings is 1. The van der Waals surface area contributed by atoms with Crippen molar-refractivity contribution < 1.29 is 18.7 Å². The monoisotopic (exact) mass is 449 g/mol. The van der Waals surface area contributed by atoms with Crippen LogP contribution in [0.4, 0.5) is 0 Å². The molecule has 32 heavy (non-hydrogen) atoms. The summed E-state index contributed by atoms with van der Waals surface area (Å²) in [7, 11) is 0. The van der Waals surface area contributed by atoms with Gasteiger partial charge in [-0.05, 0) is 48.6 Å². The Morgan fingerprint density at radius 3 is 3.00 bits per heavy atom. The van der Waals surface area contributed by atoms with E-state index in [9.17, 15) is 4.79 Å². The first-order valence-electron chi connectivity index (χ1n) is 10.4. The number of hydrogen-bond acceptors (Lipinski definition) is 8. The summed E-state index contributed by atoms with van der Waals surface area (Å²) in [6.45, 7) is 1.43. The number of likely N-dealkylation sites (tertiary alicyclic amines) is 1. The molecule has 1 unspecified atom stereocenters. The van der Waals surface area contributed by atoms with Crippen LogP contribution in [0.25, 0.3) is 22.0 Å². The molecule has 10 heteroatoms. The maximum absolute atomic E-state index is 13.1. The summed E-state index contributed by atoms with van der Waals surface area (Å²) >= 11 is 1.56. The van der Waals surface area contributed by atoms with E-state index in [-0.39, 0.29) is 18.6 Å². The van der Waals surface area contributed by atoms with Gasteiger partial charge in [-0.1, -0.05) is 6.07 Å². The number of aromatic amines is 1. The average molecular weight is 449 g/mol. The van der Waals surface area contributed by atoms with E-state index in [0.717, 1.165) is 23.3 Å². The largest absolute Gasteiger partial charge is 0.454 e. The van der Waals surface area contributed by atoms with Gasteiger partial charge in [-0.3, -0.25) is 9.89 Å². The fourth-order valence-electron chi connectivity index (χ4n) is 4.07. The van der Waals surface area contributed by atoms with Crippen LogP contribution in [0, 0.1) is 0 Å². The molecule has 1 atom stereocenters. The number of benzene rings is 1. The zero-order valence-electron chi connectivity index (χ0n) is 17.0. The Kier molecular flexibility index (Phi) is 4.64. The highest BCUT2D eigenvalue weighted by molar-refractivity contribution is 7.13. The topological polar surface area (TPSA) is 106 Å². The molecule has 2 aliphatic rings. The van der Waals surface area contributed by atoms with Crippen LogP contribution < -0.4 is 9.47 Å². The number of nitrogens with zero attached hydrogens (tertiary/aromatic N) is 4. The number of rotatable bonds is 4. The number of carbonyl (C=O) groups is 1. The lowest BCUT2D eigenvalue weighted by molar-refractivity contribution is 0.0692. The number of carbonyl (C=O) groups excluding carboxylic acids is 1. The van der Waals surface area contributed by atoms with Gasteiger partial charge in [-0.25, -0.2) is 0 Å². The molecule has 1 N–H and O–H groups in total. The van der Waals surface area contributed by atoms with Gasteiger partial charge in [0.05, 0.1) is 16.5 Å². The molecule has 1 amide bonds. The van der Waals surface area contributed by atoms with Crippen LogP contribution in [-0.2, 0) is 0 Å². The van der Waals surface area contributed by atoms with E-state index in [1.807, 2.05) is 40.6 Å². The Hall–Kier alpha value is -3.66. The molecular formula is C22H19N5O4S. The number of piperidine rings is 1. The molecule has 0 spiro atoms. The summed E-state index contributed by atoms with van der Waals surface area (Å²) < 4.78 is 16.7. The SMILES string of the molecule is O=C(c1cc(-c2ccc3c(c2)OCO3)n[nH]1)N1CCCC(c2nnc(-c3cccs3)o2)C1. The minimum Gasteiger partial charge on any atom is -0.454 e. The van der Waals surface area contributed by atoms with Gasteiger partial charge in [0.1, 0.15) is 5.69 Å². The van der Waals surface area contributed by atoms with Crippen molar-refractivity contribution in [2.75, 3.05) is 19.9 Å². The fourth-order valence-corrected chi connectivity index (χ4v) is 4.71. The standard InChI is InChI=1S/C22H19N5O4S/c28-22(16-10-15(23-24-16)13-5-6-17-18(9-13)30-12-29-17)27-7-1-3-14(11-27)20-25-26-21(31-20)19-4-2-8-32-19/h2,4-6,8-10,14H,1,3,7,11-12H2,(H,23,24). The van der Waals surface area contributed by atoms with Gasteiger partial charge in [0, 0.05) is 18.7 Å². The Labute approximate surface area is 187 Å². The molecular weight excluding hydrogens is 430 g/mol. The third kappa shape index (κ3) is 3.42. The van der Waals surface area contributed by atoms with Crippen molar-refractivity contribution in [1.29, 1.82) is 0 Å². The molecule has 1 fully saturated rings. The highest BCUT2D eigenvalue weighted by Crippen LogP contribution is 2.36. The predicted molar refractivity (Wildman–Crippen MR) is 116 cm³/mol. The van der Waals surface area contributed by atoms with E-state index in [1.165, 1.54) is 0 Å². The van der Waals surface area contributed by atoms with Crippen molar-refractivity contribution in [2.24, 2.45) is 0 Å². The smallest absolute Gasteiger partial charge is 0.271 e. The second-order valence-electron chi connectivity index (χ2n) is 7.75. The number of nitrogens with one attached hydrogen (secondary N) is 1. The second-order valence-corrected chi connectivity index (χ2v) is 8.70. The number of fused-ring (bicyclic) bond motifs is 1. The van der Waals surface area contributed by atoms with Crippen LogP contribution in [0.3, 0.4) is 0 Å². The summed E-state index contributed by atoms with van der Waals surface area (Å²) in [6.07, 6.45) is 1.78. The van der Waals surface area contributed by atoms with Crippen LogP contribution in [0.15, 0.2) is 46.2 Å². The highest BCUT2D eigenvalue weighted by atomic mass is 32.1. The van der Waals surface area contributed by atoms with Crippen molar-refractivity contribution in [3.8, 4) is 33.5 Å². The van der Waals surface area contributed by atoms with Gasteiger partial charge in [-0.15, -0.1) is 21.5 Å². The van der Waals surface area contributed by atoms with Crippen LogP contribution in [-0.4, -0.2) is 51.1 Å². The van der Waals surface area contributed by atoms with Gasteiger partial charge >= 0.3 is 0 Å². The van der Waals surface area contributed by atoms with Crippen molar-refractivity contribution in [3.63, 3.8) is 0 Å². The summed E-state index contributed by atoms with van der Waals surface area (Å²) in [4.78, 5) is 15.9. The molecule has 0 saturated carbocycles. The van der Waals surface area contributed by atoms with Gasteiger partial charge in [-0.2, -0.15) is 5.10 Å². The maximum atomic E-state index is 13.1. The lowest BCUT2D eigenvalue weighted by Gasteiger charge is -2.30. The summed E-state index contributed by atoms with van der Waals surface area (Å²) in [5.41, 5.74) is 1.98. The van der Waals surface area contributed by atoms with Crippen molar-refractivity contribution >= 4 is 17.2 Å². The third-order valence-electron chi connectivity index (χ3n) is 5.71. The summed E-state index contributed by atoms with van der Waals surface area (Å²) in [5, 5.41) is 17.6. The fraction of sp³-hybridized carbons (Fsp3) is 0.273. The van der Waals surface area contributed by atoms with Gasteiger partial charge in [0.15, 0.2) is 11.5 Å². The Morgan fingerprint density at radius 1 is 1.16 bits per heavy atom. The van der Waals surface area contributed by atoms with Gasteiger partial charge in [0.25, 0.3) is 11.8 Å². The summed E-state index contributed by atoms with van der Waals surface area (Å²) in [6, 6.07) is 11.3. The lowest BCUT2D eigenvalue weighted by atomic mass is 9.97. The van der Waals surface area contributed by atoms with E-state index < -0.39 is 0 Å². The highest BCUT2D eigenvalue weighted by Gasteiger charge is 2.30. The number of ether oxygens (including phenoxy) is 2. The normalized spacial score (nSPS) is 17.6. The Balaban J connectivity index is 1.17. The first-order valence-corrected chi connectivity index (χ1v) is 11.2. The maximum Gasteiger partial charge on any atom is 0.271 e. The first kappa shape index (κ1) is 19.1. The molecule has 162 valence electrons. The van der Waals surface area contributed by atoms with Gasteiger partial charge < -0.3 is 18.8 Å². The van der Waals surface area contributed by atoms with E-state index in [4.69, 9.17) is 13.9 Å². The van der Waals surface area contributed by atoms with E-state index in [0.29, 0.717) is 47.8 Å². The van der Waals surface area contributed by atoms with Crippen molar-refractivity contribution in [3.05, 3.63) is 53.4 Å². The average Bonchev–Trinajstić information content (AvgIpc) is 3.64. The quantitative estimate of drug-likeness (QED) is 0.503. The Morgan fingerprint density at radius 2 is 2.09 bits per heavy atom. The van der Waals surface area contributed by atoms with Crippen LogP contribution in [0.5, 0.6) is 11.5 Å². The predicted octanol–water partition coefficient (Wildman–Crippen LogP) is 3.94. The third-order valence-corrected chi connectivity index (χ3v) is 6.56. The Bertz CT molecular complexity index is 1270. The molecule has 9 nitrogen and oxygen atoms in total. The molecule has 0 bridgehead atoms. The molecule has 6 rings (SSSR count). The number of aromatic nitrogens is 4. The molecule has 2 aliphatic heterocycles. The number of hydrogen-bond donors (Lipinski definition) is 1. The van der Waals surface area contributed by atoms with E-state index in [2.05, 4.69) is 20.4 Å². The molecule has 1 saturated heterocycles. The minimum atomic E-state index is -0.0906. The minimum absolute atomic E-state index is 0.0187. The van der Waals surface area contributed by atoms with E-state index in [1.54, 1.807) is 17.4 Å². The molecule has 1 aromatic carbocycles. The molecule has 0 radical (unpaired) electrons. The molecule has 4 aromatic rings.